The first-order valence-corrected chi connectivity index (χ1v) is 9.35. The Morgan fingerprint density at radius 1 is 1.12 bits per heavy atom. The summed E-state index contributed by atoms with van der Waals surface area (Å²) in [6.45, 7) is 3.57. The topological polar surface area (TPSA) is 75.3 Å². The average molecular weight is 364 g/mol. The zero-order valence-electron chi connectivity index (χ0n) is 14.2. The molecule has 0 heterocycles. The van der Waals surface area contributed by atoms with Crippen molar-refractivity contribution in [2.24, 2.45) is 0 Å². The number of rotatable bonds is 7. The maximum Gasteiger partial charge on any atom is 0.240 e. The second-order valence-corrected chi connectivity index (χ2v) is 7.52. The van der Waals surface area contributed by atoms with E-state index in [-0.39, 0.29) is 30.3 Å². The van der Waals surface area contributed by atoms with Gasteiger partial charge in [0.1, 0.15) is 5.82 Å². The van der Waals surface area contributed by atoms with E-state index >= 15 is 0 Å². The zero-order valence-corrected chi connectivity index (χ0v) is 15.0. The third kappa shape index (κ3) is 5.37. The molecule has 0 aliphatic rings. The van der Waals surface area contributed by atoms with Crippen molar-refractivity contribution in [1.82, 2.24) is 10.0 Å². The van der Waals surface area contributed by atoms with Gasteiger partial charge in [0, 0.05) is 25.1 Å². The Kier molecular flexibility index (Phi) is 6.27. The van der Waals surface area contributed by atoms with E-state index in [1.807, 2.05) is 13.0 Å². The summed E-state index contributed by atoms with van der Waals surface area (Å²) in [4.78, 5) is 12.0. The van der Waals surface area contributed by atoms with Gasteiger partial charge >= 0.3 is 0 Å². The molecule has 0 atom stereocenters. The van der Waals surface area contributed by atoms with E-state index in [0.29, 0.717) is 11.1 Å². The first kappa shape index (κ1) is 19.1. The summed E-state index contributed by atoms with van der Waals surface area (Å²) in [6, 6.07) is 11.3. The minimum absolute atomic E-state index is 0.0289. The molecule has 0 saturated heterocycles. The maximum atomic E-state index is 13.5. The Morgan fingerprint density at radius 2 is 1.84 bits per heavy atom. The molecular weight excluding hydrogens is 343 g/mol. The Bertz CT molecular complexity index is 866. The third-order valence-electron chi connectivity index (χ3n) is 3.71. The van der Waals surface area contributed by atoms with Crippen LogP contribution >= 0.6 is 0 Å². The van der Waals surface area contributed by atoms with Gasteiger partial charge in [-0.3, -0.25) is 4.79 Å². The second-order valence-electron chi connectivity index (χ2n) is 5.78. The molecule has 0 spiro atoms. The highest BCUT2D eigenvalue weighted by Gasteiger charge is 2.17. The van der Waals surface area contributed by atoms with Crippen LogP contribution in [0.4, 0.5) is 4.39 Å². The fourth-order valence-corrected chi connectivity index (χ4v) is 3.66. The number of halogens is 1. The van der Waals surface area contributed by atoms with E-state index in [4.69, 9.17) is 0 Å². The number of hydrogen-bond donors (Lipinski definition) is 2. The lowest BCUT2D eigenvalue weighted by molar-refractivity contribution is -0.121. The molecule has 25 heavy (non-hydrogen) atoms. The highest BCUT2D eigenvalue weighted by atomic mass is 32.2. The van der Waals surface area contributed by atoms with Gasteiger partial charge in [0.25, 0.3) is 0 Å². The minimum Gasteiger partial charge on any atom is -0.352 e. The maximum absolute atomic E-state index is 13.5. The van der Waals surface area contributed by atoms with Crippen LogP contribution in [-0.2, 0) is 21.4 Å². The largest absolute Gasteiger partial charge is 0.352 e. The fourth-order valence-electron chi connectivity index (χ4n) is 2.30. The van der Waals surface area contributed by atoms with Gasteiger partial charge in [-0.2, -0.15) is 0 Å². The van der Waals surface area contributed by atoms with E-state index in [2.05, 4.69) is 10.0 Å². The van der Waals surface area contributed by atoms with Crippen LogP contribution in [0.25, 0.3) is 0 Å². The highest BCUT2D eigenvalue weighted by Crippen LogP contribution is 2.16. The van der Waals surface area contributed by atoms with Crippen molar-refractivity contribution in [3.63, 3.8) is 0 Å². The number of amides is 1. The number of carbonyl (C=O) groups is 1. The van der Waals surface area contributed by atoms with E-state index < -0.39 is 15.8 Å². The number of sulfonamides is 1. The van der Waals surface area contributed by atoms with Crippen molar-refractivity contribution < 1.29 is 17.6 Å². The van der Waals surface area contributed by atoms with Crippen molar-refractivity contribution >= 4 is 15.9 Å². The quantitative estimate of drug-likeness (QED) is 0.792. The molecule has 0 bridgehead atoms. The summed E-state index contributed by atoms with van der Waals surface area (Å²) in [5, 5.41) is 2.57. The van der Waals surface area contributed by atoms with Crippen molar-refractivity contribution in [2.45, 2.75) is 31.7 Å². The first-order valence-electron chi connectivity index (χ1n) is 7.86. The molecule has 2 aromatic rings. The lowest BCUT2D eigenvalue weighted by atomic mass is 10.2. The third-order valence-corrected chi connectivity index (χ3v) is 5.31. The van der Waals surface area contributed by atoms with Crippen LogP contribution in [-0.4, -0.2) is 20.9 Å². The van der Waals surface area contributed by atoms with Crippen LogP contribution in [0.15, 0.2) is 47.4 Å². The molecule has 0 aromatic heterocycles. The Labute approximate surface area is 147 Å². The van der Waals surface area contributed by atoms with Crippen LogP contribution in [0.1, 0.15) is 23.1 Å². The van der Waals surface area contributed by atoms with Gasteiger partial charge in [0.2, 0.25) is 15.9 Å². The predicted octanol–water partition coefficient (Wildman–Crippen LogP) is 2.43. The summed E-state index contributed by atoms with van der Waals surface area (Å²) >= 11 is 0. The molecule has 5 nitrogen and oxygen atoms in total. The number of carbonyl (C=O) groups excluding carboxylic acids is 1. The summed E-state index contributed by atoms with van der Waals surface area (Å²) in [7, 11) is -3.67. The van der Waals surface area contributed by atoms with E-state index in [9.17, 15) is 17.6 Å². The van der Waals surface area contributed by atoms with E-state index in [1.54, 1.807) is 37.3 Å². The summed E-state index contributed by atoms with van der Waals surface area (Å²) in [6.07, 6.45) is -0.0292. The van der Waals surface area contributed by atoms with Gasteiger partial charge in [-0.15, -0.1) is 0 Å². The molecular formula is C18H21FN2O3S. The molecule has 0 unspecified atom stereocenters. The molecule has 0 aliphatic heterocycles. The average Bonchev–Trinajstić information content (AvgIpc) is 2.56. The molecule has 1 amide bonds. The van der Waals surface area contributed by atoms with Crippen LogP contribution in [0.5, 0.6) is 0 Å². The normalized spacial score (nSPS) is 11.3. The van der Waals surface area contributed by atoms with Crippen LogP contribution in [0, 0.1) is 19.7 Å². The van der Waals surface area contributed by atoms with Gasteiger partial charge in [0.05, 0.1) is 4.90 Å². The molecule has 2 rings (SSSR count). The van der Waals surface area contributed by atoms with Crippen LogP contribution < -0.4 is 10.0 Å². The van der Waals surface area contributed by atoms with Crippen molar-refractivity contribution in [3.8, 4) is 0 Å². The lowest BCUT2D eigenvalue weighted by Gasteiger charge is -2.10. The smallest absolute Gasteiger partial charge is 0.240 e. The van der Waals surface area contributed by atoms with Crippen LogP contribution in [0.2, 0.25) is 0 Å². The van der Waals surface area contributed by atoms with E-state index in [1.165, 1.54) is 6.07 Å². The number of nitrogens with one attached hydrogen (secondary N) is 2. The first-order chi connectivity index (χ1) is 11.8. The van der Waals surface area contributed by atoms with Crippen molar-refractivity contribution in [1.29, 1.82) is 0 Å². The number of aryl methyl sites for hydroxylation is 2. The molecule has 7 heteroatoms. The minimum atomic E-state index is -3.67. The Balaban J connectivity index is 1.86. The summed E-state index contributed by atoms with van der Waals surface area (Å²) in [5.41, 5.74) is 1.86. The van der Waals surface area contributed by atoms with Gasteiger partial charge in [0.15, 0.2) is 0 Å². The Hall–Kier alpha value is -2.25. The standard InChI is InChI=1S/C18H21FN2O3S/c1-13-7-8-14(2)17(11-13)25(23,24)21-10-9-18(22)20-12-15-5-3-4-6-16(15)19/h3-8,11,21H,9-10,12H2,1-2H3,(H,20,22). The predicted molar refractivity (Wildman–Crippen MR) is 94.0 cm³/mol. The molecule has 0 saturated carbocycles. The number of hydrogen-bond acceptors (Lipinski definition) is 3. The van der Waals surface area contributed by atoms with Crippen LogP contribution in [0.3, 0.4) is 0 Å². The summed E-state index contributed by atoms with van der Waals surface area (Å²) < 4.78 is 40.5. The number of benzene rings is 2. The Morgan fingerprint density at radius 3 is 2.56 bits per heavy atom. The van der Waals surface area contributed by atoms with Gasteiger partial charge in [-0.25, -0.2) is 17.5 Å². The molecule has 2 N–H and O–H groups in total. The lowest BCUT2D eigenvalue weighted by Crippen LogP contribution is -2.31. The summed E-state index contributed by atoms with van der Waals surface area (Å²) in [5.74, 6) is -0.745. The molecule has 0 radical (unpaired) electrons. The van der Waals surface area contributed by atoms with Crippen molar-refractivity contribution in [2.75, 3.05) is 6.54 Å². The van der Waals surface area contributed by atoms with Gasteiger partial charge in [-0.1, -0.05) is 30.3 Å². The molecule has 0 aliphatic carbocycles. The van der Waals surface area contributed by atoms with Gasteiger partial charge < -0.3 is 5.32 Å². The zero-order chi connectivity index (χ0) is 18.4. The monoisotopic (exact) mass is 364 g/mol. The molecule has 2 aromatic carbocycles. The molecule has 134 valence electrons. The highest BCUT2D eigenvalue weighted by molar-refractivity contribution is 7.89. The van der Waals surface area contributed by atoms with E-state index in [0.717, 1.165) is 5.56 Å². The van der Waals surface area contributed by atoms with Crippen molar-refractivity contribution in [3.05, 3.63) is 65.0 Å². The molecule has 0 fully saturated rings. The SMILES string of the molecule is Cc1ccc(C)c(S(=O)(=O)NCCC(=O)NCc2ccccc2F)c1. The fraction of sp³-hybridized carbons (Fsp3) is 0.278. The second kappa shape index (κ2) is 8.22. The van der Waals surface area contributed by atoms with Gasteiger partial charge in [-0.05, 0) is 37.1 Å².